The van der Waals surface area contributed by atoms with Crippen molar-refractivity contribution in [3.05, 3.63) is 38.2 Å². The second-order valence-electron chi connectivity index (χ2n) is 4.52. The number of aromatic hydroxyl groups is 1. The molecule has 0 saturated carbocycles. The molecule has 0 aliphatic heterocycles. The van der Waals surface area contributed by atoms with Crippen molar-refractivity contribution in [2.75, 3.05) is 13.9 Å². The van der Waals surface area contributed by atoms with Crippen molar-refractivity contribution in [1.29, 1.82) is 0 Å². The molecular weight excluding hydrogens is 331 g/mol. The molecule has 0 saturated heterocycles. The molecule has 0 spiro atoms. The van der Waals surface area contributed by atoms with Crippen LogP contribution in [0.25, 0.3) is 11.1 Å². The van der Waals surface area contributed by atoms with Gasteiger partial charge in [0.05, 0.1) is 21.2 Å². The maximum absolute atomic E-state index is 12.5. The maximum Gasteiger partial charge on any atom is 0.278 e. The van der Waals surface area contributed by atoms with Gasteiger partial charge in [-0.15, -0.1) is 0 Å². The summed E-state index contributed by atoms with van der Waals surface area (Å²) in [6, 6.07) is 2.94. The zero-order chi connectivity index (χ0) is 16.4. The Morgan fingerprint density at radius 1 is 1.27 bits per heavy atom. The summed E-state index contributed by atoms with van der Waals surface area (Å²) < 4.78 is 11.5. The Morgan fingerprint density at radius 3 is 2.55 bits per heavy atom. The summed E-state index contributed by atoms with van der Waals surface area (Å²) in [7, 11) is 2.95. The maximum atomic E-state index is 12.5. The highest BCUT2D eigenvalue weighted by atomic mass is 35.5. The first kappa shape index (κ1) is 16.6. The van der Waals surface area contributed by atoms with Crippen LogP contribution in [-0.4, -0.2) is 28.8 Å². The summed E-state index contributed by atoms with van der Waals surface area (Å²) in [5.74, 6) is -0.108. The smallest absolute Gasteiger partial charge is 0.278 e. The Labute approximate surface area is 136 Å². The summed E-state index contributed by atoms with van der Waals surface area (Å²) in [5.41, 5.74) is 0.157. The topological polar surface area (TPSA) is 73.6 Å². The number of benzene rings is 1. The van der Waals surface area contributed by atoms with Crippen molar-refractivity contribution in [2.45, 2.75) is 6.92 Å². The van der Waals surface area contributed by atoms with Crippen LogP contribution in [-0.2, 0) is 11.8 Å². The molecule has 8 heteroatoms. The van der Waals surface area contributed by atoms with E-state index < -0.39 is 5.56 Å². The molecule has 0 unspecified atom stereocenters. The minimum absolute atomic E-state index is 0.0774. The number of aromatic nitrogens is 2. The van der Waals surface area contributed by atoms with Crippen LogP contribution in [0.2, 0.25) is 10.0 Å². The predicted octanol–water partition coefficient (Wildman–Crippen LogP) is 2.75. The van der Waals surface area contributed by atoms with Crippen LogP contribution in [0.5, 0.6) is 11.5 Å². The Morgan fingerprint density at radius 2 is 1.91 bits per heavy atom. The molecule has 0 amide bonds. The van der Waals surface area contributed by atoms with Crippen molar-refractivity contribution in [2.24, 2.45) is 7.05 Å². The molecule has 0 aliphatic carbocycles. The number of halogens is 2. The van der Waals surface area contributed by atoms with E-state index in [0.717, 1.165) is 4.68 Å². The van der Waals surface area contributed by atoms with E-state index in [1.165, 1.54) is 26.3 Å². The standard InChI is InChI=1S/C14H14Cl2N2O4/c1-7-13(22-6-21-3)11(14(20)18(2)17-7)10-8(15)4-5-9(16)12(10)19/h4-5,19H,6H2,1-3H3. The van der Waals surface area contributed by atoms with Gasteiger partial charge in [0.1, 0.15) is 11.4 Å². The fourth-order valence-corrected chi connectivity index (χ4v) is 2.45. The van der Waals surface area contributed by atoms with E-state index in [4.69, 9.17) is 32.7 Å². The highest BCUT2D eigenvalue weighted by molar-refractivity contribution is 6.36. The second-order valence-corrected chi connectivity index (χ2v) is 5.34. The molecule has 1 aromatic carbocycles. The number of hydrogen-bond acceptors (Lipinski definition) is 5. The molecule has 0 fully saturated rings. The molecule has 22 heavy (non-hydrogen) atoms. The Kier molecular flexibility index (Phi) is 4.95. The van der Waals surface area contributed by atoms with E-state index in [1.807, 2.05) is 0 Å². The monoisotopic (exact) mass is 344 g/mol. The number of hydrogen-bond donors (Lipinski definition) is 1. The van der Waals surface area contributed by atoms with Gasteiger partial charge in [-0.1, -0.05) is 23.2 Å². The largest absolute Gasteiger partial charge is 0.506 e. The van der Waals surface area contributed by atoms with Crippen molar-refractivity contribution < 1.29 is 14.6 Å². The average molecular weight is 345 g/mol. The van der Waals surface area contributed by atoms with E-state index in [2.05, 4.69) is 5.10 Å². The summed E-state index contributed by atoms with van der Waals surface area (Å²) >= 11 is 12.1. The number of methoxy groups -OCH3 is 1. The minimum atomic E-state index is -0.476. The zero-order valence-electron chi connectivity index (χ0n) is 12.2. The number of aryl methyl sites for hydroxylation is 2. The number of nitrogens with zero attached hydrogens (tertiary/aromatic N) is 2. The van der Waals surface area contributed by atoms with Gasteiger partial charge in [-0.2, -0.15) is 5.10 Å². The van der Waals surface area contributed by atoms with Crippen LogP contribution in [0.3, 0.4) is 0 Å². The highest BCUT2D eigenvalue weighted by Gasteiger charge is 2.23. The van der Waals surface area contributed by atoms with E-state index in [-0.39, 0.29) is 39.5 Å². The molecule has 0 aliphatic rings. The van der Waals surface area contributed by atoms with Crippen molar-refractivity contribution in [3.8, 4) is 22.6 Å². The first-order valence-corrected chi connectivity index (χ1v) is 7.01. The lowest BCUT2D eigenvalue weighted by Crippen LogP contribution is -2.24. The molecule has 1 aromatic heterocycles. The van der Waals surface area contributed by atoms with Gasteiger partial charge in [0.15, 0.2) is 12.5 Å². The fourth-order valence-electron chi connectivity index (χ4n) is 2.05. The Balaban J connectivity index is 2.85. The van der Waals surface area contributed by atoms with Gasteiger partial charge in [-0.25, -0.2) is 4.68 Å². The average Bonchev–Trinajstić information content (AvgIpc) is 2.47. The number of phenols is 1. The van der Waals surface area contributed by atoms with E-state index >= 15 is 0 Å². The van der Waals surface area contributed by atoms with Crippen molar-refractivity contribution in [1.82, 2.24) is 9.78 Å². The van der Waals surface area contributed by atoms with Crippen LogP contribution in [0, 0.1) is 6.92 Å². The molecule has 0 bridgehead atoms. The SMILES string of the molecule is COCOc1c(C)nn(C)c(=O)c1-c1c(Cl)ccc(Cl)c1O. The van der Waals surface area contributed by atoms with Crippen LogP contribution >= 0.6 is 23.2 Å². The lowest BCUT2D eigenvalue weighted by atomic mass is 10.0. The number of rotatable bonds is 4. The second kappa shape index (κ2) is 6.56. The van der Waals surface area contributed by atoms with Gasteiger partial charge >= 0.3 is 0 Å². The molecule has 6 nitrogen and oxygen atoms in total. The first-order valence-electron chi connectivity index (χ1n) is 6.25. The van der Waals surface area contributed by atoms with Crippen LogP contribution in [0.1, 0.15) is 5.69 Å². The fraction of sp³-hybridized carbons (Fsp3) is 0.286. The summed E-state index contributed by atoms with van der Waals surface area (Å²) in [5, 5.41) is 14.5. The molecule has 1 heterocycles. The van der Waals surface area contributed by atoms with Crippen molar-refractivity contribution in [3.63, 3.8) is 0 Å². The van der Waals surface area contributed by atoms with Gasteiger partial charge in [-0.05, 0) is 19.1 Å². The Bertz CT molecular complexity index is 774. The van der Waals surface area contributed by atoms with E-state index in [1.54, 1.807) is 6.92 Å². The lowest BCUT2D eigenvalue weighted by molar-refractivity contribution is 0.0504. The number of phenolic OH excluding ortho intramolecular Hbond substituents is 1. The van der Waals surface area contributed by atoms with Crippen molar-refractivity contribution >= 4 is 23.2 Å². The Hall–Kier alpha value is -1.76. The van der Waals surface area contributed by atoms with Gasteiger partial charge in [0.25, 0.3) is 5.56 Å². The van der Waals surface area contributed by atoms with Gasteiger partial charge in [0, 0.05) is 14.2 Å². The summed E-state index contributed by atoms with van der Waals surface area (Å²) in [6.07, 6.45) is 0. The third kappa shape index (κ3) is 2.90. The molecule has 2 aromatic rings. The van der Waals surface area contributed by atoms with Crippen LogP contribution in [0.4, 0.5) is 0 Å². The molecule has 2 rings (SSSR count). The molecule has 0 atom stereocenters. The van der Waals surface area contributed by atoms with Gasteiger partial charge < -0.3 is 14.6 Å². The minimum Gasteiger partial charge on any atom is -0.506 e. The zero-order valence-corrected chi connectivity index (χ0v) is 13.7. The quantitative estimate of drug-likeness (QED) is 0.863. The third-order valence-electron chi connectivity index (χ3n) is 3.01. The predicted molar refractivity (Wildman–Crippen MR) is 83.8 cm³/mol. The first-order chi connectivity index (χ1) is 10.4. The highest BCUT2D eigenvalue weighted by Crippen LogP contribution is 2.43. The summed E-state index contributed by atoms with van der Waals surface area (Å²) in [6.45, 7) is 1.59. The van der Waals surface area contributed by atoms with E-state index in [9.17, 15) is 9.90 Å². The summed E-state index contributed by atoms with van der Waals surface area (Å²) in [4.78, 5) is 12.5. The molecule has 0 radical (unpaired) electrons. The third-order valence-corrected chi connectivity index (χ3v) is 3.63. The normalized spacial score (nSPS) is 10.8. The molecule has 118 valence electrons. The van der Waals surface area contributed by atoms with Crippen LogP contribution in [0.15, 0.2) is 16.9 Å². The van der Waals surface area contributed by atoms with E-state index in [0.29, 0.717) is 5.69 Å². The molecule has 1 N–H and O–H groups in total. The number of ether oxygens (including phenoxy) is 2. The lowest BCUT2D eigenvalue weighted by Gasteiger charge is -2.16. The van der Waals surface area contributed by atoms with Gasteiger partial charge in [-0.3, -0.25) is 4.79 Å². The van der Waals surface area contributed by atoms with Crippen LogP contribution < -0.4 is 10.3 Å². The molecular formula is C14H14Cl2N2O4. The van der Waals surface area contributed by atoms with Gasteiger partial charge in [0.2, 0.25) is 0 Å².